The number of ether oxygens (including phenoxy) is 2. The number of isocyanates is 2. The third-order valence-corrected chi connectivity index (χ3v) is 2.88. The van der Waals surface area contributed by atoms with Gasteiger partial charge in [-0.3, -0.25) is 0 Å². The smallest absolute Gasteiger partial charge is 0.231 e. The van der Waals surface area contributed by atoms with E-state index in [0.717, 1.165) is 23.3 Å². The molecule has 23 heavy (non-hydrogen) atoms. The minimum absolute atomic E-state index is 0.750. The van der Waals surface area contributed by atoms with Crippen molar-refractivity contribution >= 4 is 12.2 Å². The highest BCUT2D eigenvalue weighted by Crippen LogP contribution is 2.33. The SMILES string of the molecule is COC(OC)(c1ccccc1)c1ccccc1.N=C=O.N=C=O. The maximum absolute atomic E-state index is 8.35. The molecule has 0 aliphatic carbocycles. The molecule has 0 unspecified atom stereocenters. The van der Waals surface area contributed by atoms with Crippen molar-refractivity contribution in [1.29, 1.82) is 10.8 Å². The number of nitrogens with one attached hydrogen (secondary N) is 2. The summed E-state index contributed by atoms with van der Waals surface area (Å²) in [5.74, 6) is -0.831. The molecule has 0 saturated heterocycles. The van der Waals surface area contributed by atoms with Gasteiger partial charge in [-0.1, -0.05) is 60.7 Å². The van der Waals surface area contributed by atoms with Crippen molar-refractivity contribution in [2.75, 3.05) is 14.2 Å². The van der Waals surface area contributed by atoms with E-state index in [1.807, 2.05) is 60.7 Å². The number of benzene rings is 2. The Balaban J connectivity index is 0.000000704. The molecule has 2 aromatic carbocycles. The summed E-state index contributed by atoms with van der Waals surface area (Å²) in [5.41, 5.74) is 1.97. The highest BCUT2D eigenvalue weighted by atomic mass is 16.7. The highest BCUT2D eigenvalue weighted by Gasteiger charge is 2.33. The summed E-state index contributed by atoms with van der Waals surface area (Å²) in [6, 6.07) is 19.9. The number of hydrogen-bond donors (Lipinski definition) is 2. The van der Waals surface area contributed by atoms with Gasteiger partial charge in [0.05, 0.1) is 0 Å². The van der Waals surface area contributed by atoms with Crippen LogP contribution in [0.5, 0.6) is 0 Å². The second-order valence-corrected chi connectivity index (χ2v) is 3.96. The summed E-state index contributed by atoms with van der Waals surface area (Å²) < 4.78 is 11.3. The molecule has 2 rings (SSSR count). The fourth-order valence-corrected chi connectivity index (χ4v) is 2.04. The zero-order chi connectivity index (χ0) is 17.6. The van der Waals surface area contributed by atoms with E-state index in [2.05, 4.69) is 0 Å². The van der Waals surface area contributed by atoms with E-state index >= 15 is 0 Å². The van der Waals surface area contributed by atoms with Crippen LogP contribution in [0.15, 0.2) is 60.7 Å². The summed E-state index contributed by atoms with van der Waals surface area (Å²) in [5, 5.41) is 10.8. The second-order valence-electron chi connectivity index (χ2n) is 3.96. The Morgan fingerprint density at radius 2 is 1.00 bits per heavy atom. The first-order valence-electron chi connectivity index (χ1n) is 6.45. The van der Waals surface area contributed by atoms with Crippen LogP contribution >= 0.6 is 0 Å². The molecule has 6 nitrogen and oxygen atoms in total. The van der Waals surface area contributed by atoms with E-state index in [-0.39, 0.29) is 0 Å². The molecule has 0 spiro atoms. The van der Waals surface area contributed by atoms with Gasteiger partial charge in [-0.05, 0) is 0 Å². The Kier molecular flexibility index (Phi) is 10.3. The largest absolute Gasteiger partial charge is 0.346 e. The summed E-state index contributed by atoms with van der Waals surface area (Å²) in [6.07, 6.45) is 1.50. The minimum Gasteiger partial charge on any atom is -0.346 e. The lowest BCUT2D eigenvalue weighted by Crippen LogP contribution is -2.32. The lowest BCUT2D eigenvalue weighted by atomic mass is 9.97. The molecule has 0 amide bonds. The maximum Gasteiger partial charge on any atom is 0.231 e. The van der Waals surface area contributed by atoms with Gasteiger partial charge < -0.3 is 9.47 Å². The average Bonchev–Trinajstić information content (AvgIpc) is 2.60. The van der Waals surface area contributed by atoms with E-state index in [1.165, 1.54) is 0 Å². The molecule has 0 aromatic heterocycles. The van der Waals surface area contributed by atoms with E-state index in [4.69, 9.17) is 29.9 Å². The molecule has 0 bridgehead atoms. The fraction of sp³-hybridized carbons (Fsp3) is 0.176. The monoisotopic (exact) mass is 314 g/mol. The van der Waals surface area contributed by atoms with Gasteiger partial charge in [0.15, 0.2) is 0 Å². The molecule has 2 N–H and O–H groups in total. The van der Waals surface area contributed by atoms with Crippen molar-refractivity contribution in [2.24, 2.45) is 0 Å². The maximum atomic E-state index is 8.35. The predicted octanol–water partition coefficient (Wildman–Crippen LogP) is 2.98. The Morgan fingerprint density at radius 3 is 1.22 bits per heavy atom. The van der Waals surface area contributed by atoms with Crippen molar-refractivity contribution in [3.05, 3.63) is 71.8 Å². The van der Waals surface area contributed by atoms with Gasteiger partial charge in [0, 0.05) is 25.3 Å². The Hall–Kier alpha value is -2.88. The summed E-state index contributed by atoms with van der Waals surface area (Å²) in [6.45, 7) is 0. The predicted molar refractivity (Wildman–Crippen MR) is 84.5 cm³/mol. The Morgan fingerprint density at radius 1 is 0.739 bits per heavy atom. The van der Waals surface area contributed by atoms with Gasteiger partial charge >= 0.3 is 0 Å². The van der Waals surface area contributed by atoms with Crippen LogP contribution in [0.1, 0.15) is 11.1 Å². The minimum atomic E-state index is -0.831. The van der Waals surface area contributed by atoms with Gasteiger partial charge in [0.1, 0.15) is 0 Å². The van der Waals surface area contributed by atoms with E-state index in [1.54, 1.807) is 14.2 Å². The first-order chi connectivity index (χ1) is 11.2. The van der Waals surface area contributed by atoms with Crippen LogP contribution in [0.2, 0.25) is 0 Å². The van der Waals surface area contributed by atoms with E-state index in [0.29, 0.717) is 0 Å². The first-order valence-corrected chi connectivity index (χ1v) is 6.45. The Labute approximate surface area is 134 Å². The number of carbonyl (C=O) groups excluding carboxylic acids is 2. The van der Waals surface area contributed by atoms with Crippen LogP contribution < -0.4 is 0 Å². The average molecular weight is 314 g/mol. The molecule has 2 aromatic rings. The molecule has 0 aliphatic rings. The van der Waals surface area contributed by atoms with Crippen LogP contribution in [0.3, 0.4) is 0 Å². The zero-order valence-corrected chi connectivity index (χ0v) is 12.9. The number of rotatable bonds is 4. The van der Waals surface area contributed by atoms with Crippen molar-refractivity contribution < 1.29 is 19.1 Å². The van der Waals surface area contributed by atoms with Gasteiger partial charge in [0.2, 0.25) is 17.9 Å². The molecule has 0 aliphatic heterocycles. The first kappa shape index (κ1) is 20.1. The van der Waals surface area contributed by atoms with Crippen LogP contribution in [0.25, 0.3) is 0 Å². The number of hydrogen-bond acceptors (Lipinski definition) is 6. The third-order valence-electron chi connectivity index (χ3n) is 2.88. The van der Waals surface area contributed by atoms with Gasteiger partial charge in [-0.25, -0.2) is 20.4 Å². The van der Waals surface area contributed by atoms with Crippen LogP contribution in [-0.2, 0) is 24.8 Å². The second kappa shape index (κ2) is 11.7. The summed E-state index contributed by atoms with van der Waals surface area (Å²) in [4.78, 5) is 16.7. The molecule has 0 heterocycles. The van der Waals surface area contributed by atoms with Crippen molar-refractivity contribution in [3.63, 3.8) is 0 Å². The molecular weight excluding hydrogens is 296 g/mol. The van der Waals surface area contributed by atoms with E-state index in [9.17, 15) is 0 Å². The topological polar surface area (TPSA) is 100 Å². The van der Waals surface area contributed by atoms with Crippen molar-refractivity contribution in [2.45, 2.75) is 5.79 Å². The summed E-state index contributed by atoms with van der Waals surface area (Å²) >= 11 is 0. The van der Waals surface area contributed by atoms with Crippen molar-refractivity contribution in [3.8, 4) is 0 Å². The van der Waals surface area contributed by atoms with Crippen LogP contribution in [0.4, 0.5) is 0 Å². The normalized spacial score (nSPS) is 9.13. The van der Waals surface area contributed by atoms with Crippen LogP contribution in [-0.4, -0.2) is 26.4 Å². The molecule has 0 fully saturated rings. The lowest BCUT2D eigenvalue weighted by molar-refractivity contribution is -0.183. The quantitative estimate of drug-likeness (QED) is 0.514. The van der Waals surface area contributed by atoms with Gasteiger partial charge in [0.25, 0.3) is 0 Å². The van der Waals surface area contributed by atoms with Crippen molar-refractivity contribution in [1.82, 2.24) is 0 Å². The fourth-order valence-electron chi connectivity index (χ4n) is 2.04. The van der Waals surface area contributed by atoms with Gasteiger partial charge in [-0.15, -0.1) is 0 Å². The zero-order valence-electron chi connectivity index (χ0n) is 12.9. The lowest BCUT2D eigenvalue weighted by Gasteiger charge is -2.31. The molecule has 0 radical (unpaired) electrons. The van der Waals surface area contributed by atoms with E-state index < -0.39 is 5.79 Å². The third kappa shape index (κ3) is 5.79. The summed E-state index contributed by atoms with van der Waals surface area (Å²) in [7, 11) is 3.31. The standard InChI is InChI=1S/C15H16O2.2CHNO/c1-16-15(17-2,13-9-5-3-6-10-13)14-11-7-4-8-12-14;2*2-1-3/h3-12H,1-2H3;2*2H. The molecule has 0 atom stereocenters. The molecule has 0 saturated carbocycles. The molecule has 120 valence electrons. The van der Waals surface area contributed by atoms with Crippen LogP contribution in [0, 0.1) is 10.8 Å². The number of methoxy groups -OCH3 is 2. The van der Waals surface area contributed by atoms with Gasteiger partial charge in [-0.2, -0.15) is 0 Å². The Bertz CT molecular complexity index is 560. The molecule has 6 heteroatoms. The molecular formula is C17H18N2O4. The highest BCUT2D eigenvalue weighted by molar-refractivity contribution is 5.33.